The van der Waals surface area contributed by atoms with Gasteiger partial charge in [0.25, 0.3) is 0 Å². The minimum Gasteiger partial charge on any atom is -0.319 e. The Hall–Kier alpha value is -1.19. The fourth-order valence-corrected chi connectivity index (χ4v) is 4.96. The number of benzene rings is 1. The topological polar surface area (TPSA) is 30.9 Å². The minimum atomic E-state index is 0.118. The number of hydrogen-bond acceptors (Lipinski definition) is 2. The van der Waals surface area contributed by atoms with Gasteiger partial charge in [0.2, 0.25) is 0 Å². The van der Waals surface area contributed by atoms with E-state index in [1.165, 1.54) is 77.0 Å². The van der Waals surface area contributed by atoms with Gasteiger partial charge in [-0.3, -0.25) is 5.14 Å². The van der Waals surface area contributed by atoms with Crippen molar-refractivity contribution in [1.82, 2.24) is 4.57 Å². The molecule has 0 bridgehead atoms. The molecule has 29 heavy (non-hydrogen) atoms. The van der Waals surface area contributed by atoms with Crippen molar-refractivity contribution in [2.24, 2.45) is 11.1 Å². The summed E-state index contributed by atoms with van der Waals surface area (Å²) in [6, 6.07) is 7.19. The Morgan fingerprint density at radius 3 is 1.97 bits per heavy atom. The number of aromatic nitrogens is 1. The van der Waals surface area contributed by atoms with E-state index in [0.29, 0.717) is 0 Å². The van der Waals surface area contributed by atoms with E-state index in [1.807, 2.05) is 0 Å². The summed E-state index contributed by atoms with van der Waals surface area (Å²) in [5, 5.41) is 6.05. The summed E-state index contributed by atoms with van der Waals surface area (Å²) in [6.45, 7) is 16.1. The van der Waals surface area contributed by atoms with Gasteiger partial charge in [-0.25, -0.2) is 0 Å². The van der Waals surface area contributed by atoms with Crippen LogP contribution in [0.3, 0.4) is 0 Å². The van der Waals surface area contributed by atoms with Crippen molar-refractivity contribution in [3.05, 3.63) is 46.8 Å². The molecule has 3 heteroatoms. The lowest BCUT2D eigenvalue weighted by Gasteiger charge is -2.27. The molecule has 0 saturated heterocycles. The van der Waals surface area contributed by atoms with Crippen molar-refractivity contribution in [2.45, 2.75) is 103 Å². The zero-order valence-corrected chi connectivity index (χ0v) is 20.4. The lowest BCUT2D eigenvalue weighted by Crippen LogP contribution is -2.18. The Kier molecular flexibility index (Phi) is 6.60. The molecule has 0 amide bonds. The van der Waals surface area contributed by atoms with Gasteiger partial charge in [0.1, 0.15) is 0 Å². The van der Waals surface area contributed by atoms with Gasteiger partial charge in [0.15, 0.2) is 0 Å². The van der Waals surface area contributed by atoms with Crippen LogP contribution in [0.25, 0.3) is 5.69 Å². The lowest BCUT2D eigenvalue weighted by molar-refractivity contribution is 0.352. The van der Waals surface area contributed by atoms with Crippen LogP contribution in [0.4, 0.5) is 0 Å². The average molecular weight is 413 g/mol. The number of nitrogens with two attached hydrogens (primary N) is 1. The summed E-state index contributed by atoms with van der Waals surface area (Å²) in [5.41, 5.74) is 7.14. The van der Waals surface area contributed by atoms with Crippen LogP contribution in [0, 0.1) is 12.8 Å². The van der Waals surface area contributed by atoms with Gasteiger partial charge in [-0.1, -0.05) is 79.7 Å². The summed E-state index contributed by atoms with van der Waals surface area (Å²) in [4.78, 5) is 1.20. The van der Waals surface area contributed by atoms with E-state index in [1.54, 1.807) is 0 Å². The second-order valence-electron chi connectivity index (χ2n) is 11.0. The van der Waals surface area contributed by atoms with Crippen molar-refractivity contribution in [3.8, 4) is 5.69 Å². The molecule has 1 aromatic carbocycles. The molecule has 1 aliphatic carbocycles. The van der Waals surface area contributed by atoms with E-state index in [4.69, 9.17) is 5.14 Å². The Bertz CT molecular complexity index is 811. The van der Waals surface area contributed by atoms with Crippen LogP contribution in [0.2, 0.25) is 0 Å². The number of hydrogen-bond donors (Lipinski definition) is 1. The molecule has 2 N–H and O–H groups in total. The summed E-state index contributed by atoms with van der Waals surface area (Å²) in [6.07, 6.45) is 10.3. The predicted molar refractivity (Wildman–Crippen MR) is 128 cm³/mol. The predicted octanol–water partition coefficient (Wildman–Crippen LogP) is 7.47. The maximum Gasteiger partial charge on any atom is 0.0458 e. The first-order valence-electron chi connectivity index (χ1n) is 11.2. The van der Waals surface area contributed by atoms with E-state index in [-0.39, 0.29) is 10.8 Å². The van der Waals surface area contributed by atoms with Gasteiger partial charge in [-0.2, -0.15) is 0 Å². The first-order chi connectivity index (χ1) is 13.5. The maximum atomic E-state index is 6.05. The Balaban J connectivity index is 2.13. The molecule has 0 spiro atoms. The van der Waals surface area contributed by atoms with E-state index in [0.717, 1.165) is 12.3 Å². The molecule has 1 saturated carbocycles. The van der Waals surface area contributed by atoms with Crippen LogP contribution in [0.5, 0.6) is 0 Å². The molecule has 2 nitrogen and oxygen atoms in total. The molecule has 1 fully saturated rings. The molecule has 3 rings (SSSR count). The molecule has 1 aromatic heterocycles. The quantitative estimate of drug-likeness (QED) is 0.528. The zero-order valence-electron chi connectivity index (χ0n) is 19.6. The van der Waals surface area contributed by atoms with Gasteiger partial charge < -0.3 is 4.57 Å². The fourth-order valence-electron chi connectivity index (χ4n) is 4.50. The summed E-state index contributed by atoms with van der Waals surface area (Å²) >= 11 is 1.39. The largest absolute Gasteiger partial charge is 0.319 e. The standard InChI is InChI=1S/C26H40N2S/c1-18-23(13-19-11-9-8-10-12-19)28(17-24(18)29-27)22-15-20(25(2,3)4)14-21(16-22)26(5,6)7/h14-17,19H,8-13,27H2,1-7H3. The smallest absolute Gasteiger partial charge is 0.0458 e. The number of nitrogens with zero attached hydrogens (tertiary/aromatic N) is 1. The van der Waals surface area contributed by atoms with Crippen molar-refractivity contribution in [3.63, 3.8) is 0 Å². The van der Waals surface area contributed by atoms with E-state index in [2.05, 4.69) is 77.4 Å². The highest BCUT2D eigenvalue weighted by Crippen LogP contribution is 2.36. The van der Waals surface area contributed by atoms with Gasteiger partial charge in [-0.05, 0) is 70.9 Å². The van der Waals surface area contributed by atoms with Crippen LogP contribution in [0.15, 0.2) is 29.3 Å². The van der Waals surface area contributed by atoms with E-state index >= 15 is 0 Å². The van der Waals surface area contributed by atoms with Crippen molar-refractivity contribution >= 4 is 11.9 Å². The molecule has 0 atom stereocenters. The molecule has 0 radical (unpaired) electrons. The third kappa shape index (κ3) is 5.11. The highest BCUT2D eigenvalue weighted by molar-refractivity contribution is 7.97. The Morgan fingerprint density at radius 2 is 1.48 bits per heavy atom. The van der Waals surface area contributed by atoms with Gasteiger partial charge in [0.05, 0.1) is 0 Å². The first kappa shape index (κ1) is 22.5. The van der Waals surface area contributed by atoms with E-state index in [9.17, 15) is 0 Å². The summed E-state index contributed by atoms with van der Waals surface area (Å²) in [7, 11) is 0. The van der Waals surface area contributed by atoms with Crippen LogP contribution < -0.4 is 5.14 Å². The second kappa shape index (κ2) is 8.51. The molecule has 0 aliphatic heterocycles. The average Bonchev–Trinajstić information content (AvgIpc) is 2.97. The van der Waals surface area contributed by atoms with Crippen LogP contribution in [-0.2, 0) is 17.3 Å². The normalized spacial score (nSPS) is 16.4. The zero-order chi connectivity index (χ0) is 21.4. The molecular weight excluding hydrogens is 372 g/mol. The van der Waals surface area contributed by atoms with Gasteiger partial charge in [-0.15, -0.1) is 0 Å². The van der Waals surface area contributed by atoms with Crippen molar-refractivity contribution in [2.75, 3.05) is 0 Å². The number of rotatable bonds is 4. The van der Waals surface area contributed by atoms with Crippen LogP contribution in [-0.4, -0.2) is 4.57 Å². The first-order valence-corrected chi connectivity index (χ1v) is 12.1. The highest BCUT2D eigenvalue weighted by Gasteiger charge is 2.24. The lowest BCUT2D eigenvalue weighted by atomic mass is 9.80. The van der Waals surface area contributed by atoms with Crippen molar-refractivity contribution in [1.29, 1.82) is 0 Å². The maximum absolute atomic E-state index is 6.05. The third-order valence-electron chi connectivity index (χ3n) is 6.60. The van der Waals surface area contributed by atoms with Gasteiger partial charge in [0, 0.05) is 22.5 Å². The summed E-state index contributed by atoms with van der Waals surface area (Å²) < 4.78 is 2.45. The van der Waals surface area contributed by atoms with Crippen LogP contribution in [0.1, 0.15) is 96.0 Å². The monoisotopic (exact) mass is 412 g/mol. The third-order valence-corrected chi connectivity index (χ3v) is 7.27. The van der Waals surface area contributed by atoms with Gasteiger partial charge >= 0.3 is 0 Å². The second-order valence-corrected chi connectivity index (χ2v) is 11.7. The van der Waals surface area contributed by atoms with Crippen LogP contribution >= 0.6 is 11.9 Å². The summed E-state index contributed by atoms with van der Waals surface area (Å²) in [5.74, 6) is 0.805. The Labute approximate surface area is 182 Å². The fraction of sp³-hybridized carbons (Fsp3) is 0.615. The molecule has 160 valence electrons. The molecule has 1 aliphatic rings. The molecule has 0 unspecified atom stereocenters. The molecular formula is C26H40N2S. The van der Waals surface area contributed by atoms with Crippen molar-refractivity contribution < 1.29 is 0 Å². The molecule has 2 aromatic rings. The van der Waals surface area contributed by atoms with E-state index < -0.39 is 0 Å². The SMILES string of the molecule is Cc1c(SN)cn(-c2cc(C(C)(C)C)cc(C(C)(C)C)c2)c1CC1CCCCC1. The molecule has 1 heterocycles. The minimum absolute atomic E-state index is 0.118. The Morgan fingerprint density at radius 1 is 0.931 bits per heavy atom. The highest BCUT2D eigenvalue weighted by atomic mass is 32.2.